The van der Waals surface area contributed by atoms with Gasteiger partial charge in [0.2, 0.25) is 5.91 Å². The minimum atomic E-state index is -0.750. The molecule has 0 radical (unpaired) electrons. The Morgan fingerprint density at radius 3 is 2.41 bits per heavy atom. The quantitative estimate of drug-likeness (QED) is 0.756. The van der Waals surface area contributed by atoms with E-state index in [1.165, 1.54) is 4.90 Å². The molecule has 0 bridgehead atoms. The van der Waals surface area contributed by atoms with Crippen molar-refractivity contribution in [2.24, 2.45) is 5.92 Å². The second kappa shape index (κ2) is 7.16. The molecule has 2 heterocycles. The summed E-state index contributed by atoms with van der Waals surface area (Å²) in [6.45, 7) is 4.08. The zero-order chi connectivity index (χ0) is 19.0. The molecule has 140 valence electrons. The van der Waals surface area contributed by atoms with Crippen LogP contribution in [0, 0.1) is 12.8 Å². The number of unbranched alkanes of at least 4 members (excludes halogenated alkanes) is 1. The molecule has 0 unspecified atom stereocenters. The van der Waals surface area contributed by atoms with Crippen LogP contribution in [0.2, 0.25) is 0 Å². The first-order chi connectivity index (χ1) is 13.1. The van der Waals surface area contributed by atoms with Crippen molar-refractivity contribution in [2.75, 3.05) is 9.96 Å². The smallest absolute Gasteiger partial charge is 0.266 e. The number of carbonyl (C=O) groups excluding carboxylic acids is 2. The molecule has 0 saturated carbocycles. The van der Waals surface area contributed by atoms with Gasteiger partial charge in [-0.1, -0.05) is 50.1 Å². The number of benzene rings is 2. The third kappa shape index (κ3) is 3.02. The molecule has 0 N–H and O–H groups in total. The van der Waals surface area contributed by atoms with Crippen molar-refractivity contribution in [3.05, 3.63) is 60.2 Å². The number of para-hydroxylation sites is 1. The minimum absolute atomic E-state index is 0.136. The molecule has 0 aromatic heterocycles. The van der Waals surface area contributed by atoms with E-state index in [-0.39, 0.29) is 17.9 Å². The van der Waals surface area contributed by atoms with Crippen molar-refractivity contribution < 1.29 is 14.4 Å². The number of hydroxylamine groups is 1. The largest absolute Gasteiger partial charge is 0.273 e. The number of hydrogen-bond acceptors (Lipinski definition) is 4. The number of imide groups is 1. The van der Waals surface area contributed by atoms with Crippen LogP contribution in [0.3, 0.4) is 0 Å². The number of carbonyl (C=O) groups is 2. The monoisotopic (exact) mass is 364 g/mol. The van der Waals surface area contributed by atoms with E-state index >= 15 is 0 Å². The van der Waals surface area contributed by atoms with Gasteiger partial charge in [-0.25, -0.2) is 9.96 Å². The average molecular weight is 364 g/mol. The fourth-order valence-corrected chi connectivity index (χ4v) is 4.05. The van der Waals surface area contributed by atoms with Gasteiger partial charge in [0.25, 0.3) is 5.91 Å². The van der Waals surface area contributed by atoms with Crippen LogP contribution in [0.15, 0.2) is 54.6 Å². The van der Waals surface area contributed by atoms with Gasteiger partial charge in [0, 0.05) is 0 Å². The molecule has 5 nitrogen and oxygen atoms in total. The van der Waals surface area contributed by atoms with Crippen LogP contribution in [0.1, 0.15) is 31.7 Å². The third-order valence-electron chi connectivity index (χ3n) is 5.36. The maximum absolute atomic E-state index is 13.3. The van der Waals surface area contributed by atoms with Gasteiger partial charge in [-0.05, 0) is 43.2 Å². The highest BCUT2D eigenvalue weighted by atomic mass is 16.7. The molecule has 2 saturated heterocycles. The number of anilines is 2. The lowest BCUT2D eigenvalue weighted by Crippen LogP contribution is -2.40. The molecule has 3 atom stereocenters. The Kier molecular flexibility index (Phi) is 4.70. The minimum Gasteiger partial charge on any atom is -0.273 e. The highest BCUT2D eigenvalue weighted by molar-refractivity contribution is 6.23. The second-order valence-electron chi connectivity index (χ2n) is 7.27. The molecule has 5 heteroatoms. The van der Waals surface area contributed by atoms with Crippen LogP contribution in [-0.2, 0) is 14.4 Å². The van der Waals surface area contributed by atoms with Gasteiger partial charge in [-0.15, -0.1) is 0 Å². The average Bonchev–Trinajstić information content (AvgIpc) is 3.17. The maximum Gasteiger partial charge on any atom is 0.266 e. The predicted molar refractivity (Wildman–Crippen MR) is 104 cm³/mol. The van der Waals surface area contributed by atoms with Crippen LogP contribution in [0.5, 0.6) is 0 Å². The molecular weight excluding hydrogens is 340 g/mol. The van der Waals surface area contributed by atoms with Crippen molar-refractivity contribution in [2.45, 2.75) is 45.3 Å². The molecule has 0 spiro atoms. The normalized spacial score (nSPS) is 24.6. The molecule has 2 aromatic carbocycles. The predicted octanol–water partition coefficient (Wildman–Crippen LogP) is 3.86. The lowest BCUT2D eigenvalue weighted by Gasteiger charge is -2.28. The number of rotatable bonds is 5. The van der Waals surface area contributed by atoms with Gasteiger partial charge < -0.3 is 0 Å². The molecule has 27 heavy (non-hydrogen) atoms. The highest BCUT2D eigenvalue weighted by Crippen LogP contribution is 2.41. The molecule has 4 rings (SSSR count). The Balaban J connectivity index is 1.68. The van der Waals surface area contributed by atoms with Crippen molar-refractivity contribution in [1.82, 2.24) is 0 Å². The van der Waals surface area contributed by atoms with Gasteiger partial charge in [-0.3, -0.25) is 14.4 Å². The van der Waals surface area contributed by atoms with E-state index in [1.807, 2.05) is 55.5 Å². The zero-order valence-corrected chi connectivity index (χ0v) is 15.7. The number of aryl methyl sites for hydroxylation is 1. The summed E-state index contributed by atoms with van der Waals surface area (Å²) in [5.74, 6) is -0.893. The zero-order valence-electron chi connectivity index (χ0n) is 15.7. The highest BCUT2D eigenvalue weighted by Gasteiger charge is 2.59. The summed E-state index contributed by atoms with van der Waals surface area (Å²) in [6.07, 6.45) is 2.07. The van der Waals surface area contributed by atoms with Crippen LogP contribution in [0.4, 0.5) is 11.4 Å². The van der Waals surface area contributed by atoms with E-state index in [2.05, 4.69) is 6.92 Å². The van der Waals surface area contributed by atoms with E-state index in [9.17, 15) is 9.59 Å². The molecule has 2 amide bonds. The number of fused-ring (bicyclic) bond motifs is 1. The van der Waals surface area contributed by atoms with Gasteiger partial charge in [0.05, 0.1) is 23.3 Å². The molecule has 2 fully saturated rings. The van der Waals surface area contributed by atoms with Crippen LogP contribution in [0.25, 0.3) is 0 Å². The van der Waals surface area contributed by atoms with Gasteiger partial charge >= 0.3 is 0 Å². The number of amides is 2. The first-order valence-electron chi connectivity index (χ1n) is 9.57. The second-order valence-corrected chi connectivity index (χ2v) is 7.27. The summed E-state index contributed by atoms with van der Waals surface area (Å²) in [4.78, 5) is 33.7. The van der Waals surface area contributed by atoms with Crippen molar-refractivity contribution in [3.8, 4) is 0 Å². The Labute approximate surface area is 159 Å². The van der Waals surface area contributed by atoms with E-state index in [0.717, 1.165) is 30.5 Å². The summed E-state index contributed by atoms with van der Waals surface area (Å²) in [5.41, 5.74) is 2.53. The fourth-order valence-electron chi connectivity index (χ4n) is 4.05. The van der Waals surface area contributed by atoms with Crippen molar-refractivity contribution in [1.29, 1.82) is 0 Å². The van der Waals surface area contributed by atoms with Crippen molar-refractivity contribution >= 4 is 23.2 Å². The Bertz CT molecular complexity index is 852. The first-order valence-corrected chi connectivity index (χ1v) is 9.57. The number of nitrogens with zero attached hydrogens (tertiary/aromatic N) is 2. The summed E-state index contributed by atoms with van der Waals surface area (Å²) in [6, 6.07) is 17.1. The van der Waals surface area contributed by atoms with E-state index in [0.29, 0.717) is 5.69 Å². The molecule has 2 aromatic rings. The van der Waals surface area contributed by atoms with Crippen molar-refractivity contribution in [3.63, 3.8) is 0 Å². The molecule has 2 aliphatic rings. The molecule has 0 aliphatic carbocycles. The summed E-state index contributed by atoms with van der Waals surface area (Å²) in [5, 5.41) is 1.79. The SMILES string of the molecule is CCCC[C@H]1[C@@H]2C(=O)N(c3cccc(C)c3)C(=O)[C@H]2ON1c1ccccc1. The summed E-state index contributed by atoms with van der Waals surface area (Å²) < 4.78 is 0. The van der Waals surface area contributed by atoms with Gasteiger partial charge in [0.1, 0.15) is 0 Å². The summed E-state index contributed by atoms with van der Waals surface area (Å²) >= 11 is 0. The Morgan fingerprint density at radius 2 is 1.70 bits per heavy atom. The standard InChI is InChI=1S/C22H24N2O3/c1-3-4-13-18-19-20(27-24(18)16-10-6-5-7-11-16)22(26)23(21(19)25)17-12-8-9-15(2)14-17/h5-12,14,18-20H,3-4,13H2,1-2H3/t18-,19-,20-/m0/s1. The third-order valence-corrected chi connectivity index (χ3v) is 5.36. The van der Waals surface area contributed by atoms with E-state index in [1.54, 1.807) is 11.1 Å². The van der Waals surface area contributed by atoms with E-state index < -0.39 is 12.0 Å². The van der Waals surface area contributed by atoms with Gasteiger partial charge in [0.15, 0.2) is 6.10 Å². The molecule has 2 aliphatic heterocycles. The Hall–Kier alpha value is -2.66. The lowest BCUT2D eigenvalue weighted by atomic mass is 9.92. The van der Waals surface area contributed by atoms with Crippen LogP contribution < -0.4 is 9.96 Å². The lowest BCUT2D eigenvalue weighted by molar-refractivity contribution is -0.126. The van der Waals surface area contributed by atoms with E-state index in [4.69, 9.17) is 4.84 Å². The topological polar surface area (TPSA) is 49.9 Å². The summed E-state index contributed by atoms with van der Waals surface area (Å²) in [7, 11) is 0. The number of hydrogen-bond donors (Lipinski definition) is 0. The van der Waals surface area contributed by atoms with Crippen LogP contribution in [-0.4, -0.2) is 24.0 Å². The first kappa shape index (κ1) is 17.7. The maximum atomic E-state index is 13.3. The van der Waals surface area contributed by atoms with Crippen LogP contribution >= 0.6 is 0 Å². The molecular formula is C22H24N2O3. The van der Waals surface area contributed by atoms with Gasteiger partial charge in [-0.2, -0.15) is 0 Å². The fraction of sp³-hybridized carbons (Fsp3) is 0.364. The Morgan fingerprint density at radius 1 is 0.963 bits per heavy atom.